The summed E-state index contributed by atoms with van der Waals surface area (Å²) in [6, 6.07) is 0. The first-order valence-corrected chi connectivity index (χ1v) is 15.5. The topological polar surface area (TPSA) is 104 Å². The lowest BCUT2D eigenvalue weighted by molar-refractivity contribution is -0.203. The molecular formula is C27H44F3NO5S. The van der Waals surface area contributed by atoms with E-state index in [1.54, 1.807) is 0 Å². The van der Waals surface area contributed by atoms with Gasteiger partial charge in [-0.15, -0.1) is 0 Å². The Hall–Kier alpha value is -0.870. The Kier molecular flexibility index (Phi) is 7.83. The van der Waals surface area contributed by atoms with Crippen LogP contribution in [-0.4, -0.2) is 42.3 Å². The van der Waals surface area contributed by atoms with E-state index in [1.807, 2.05) is 6.92 Å². The van der Waals surface area contributed by atoms with Gasteiger partial charge in [-0.2, -0.15) is 21.6 Å². The molecule has 4 saturated carbocycles. The highest BCUT2D eigenvalue weighted by Crippen LogP contribution is 2.69. The summed E-state index contributed by atoms with van der Waals surface area (Å²) in [5.74, 6) is 0.610. The number of alkyl halides is 3. The Morgan fingerprint density at radius 3 is 2.27 bits per heavy atom. The van der Waals surface area contributed by atoms with Crippen LogP contribution in [-0.2, 0) is 14.8 Å². The smallest absolute Gasteiger partial charge is 0.393 e. The van der Waals surface area contributed by atoms with Crippen molar-refractivity contribution in [2.45, 2.75) is 110 Å². The molecule has 4 fully saturated rings. The second-order valence-electron chi connectivity index (χ2n) is 13.1. The van der Waals surface area contributed by atoms with Gasteiger partial charge in [0.05, 0.1) is 12.2 Å². The summed E-state index contributed by atoms with van der Waals surface area (Å²) in [4.78, 5) is 12.0. The number of rotatable bonds is 6. The van der Waals surface area contributed by atoms with Crippen LogP contribution in [0.3, 0.4) is 0 Å². The molecule has 3 unspecified atom stereocenters. The molecule has 4 rings (SSSR count). The fourth-order valence-corrected chi connectivity index (χ4v) is 10.3. The molecule has 0 aromatic heterocycles. The van der Waals surface area contributed by atoms with Gasteiger partial charge in [0.25, 0.3) is 0 Å². The van der Waals surface area contributed by atoms with Gasteiger partial charge in [-0.25, -0.2) is 4.72 Å². The maximum absolute atomic E-state index is 12.6. The molecule has 11 atom stereocenters. The van der Waals surface area contributed by atoms with E-state index in [9.17, 15) is 36.6 Å². The average molecular weight is 552 g/mol. The molecule has 0 aliphatic heterocycles. The number of carbonyl (C=O) groups excluding carboxylic acids is 1. The van der Waals surface area contributed by atoms with Crippen LogP contribution in [0.15, 0.2) is 0 Å². The van der Waals surface area contributed by atoms with E-state index in [0.717, 1.165) is 56.1 Å². The number of amides is 1. The summed E-state index contributed by atoms with van der Waals surface area (Å²) >= 11 is 0. The van der Waals surface area contributed by atoms with Crippen LogP contribution in [0, 0.1) is 52.3 Å². The predicted molar refractivity (Wildman–Crippen MR) is 133 cm³/mol. The number of fused-ring (bicyclic) bond motifs is 5. The van der Waals surface area contributed by atoms with E-state index in [2.05, 4.69) is 20.8 Å². The highest BCUT2D eigenvalue weighted by Gasteiger charge is 2.64. The Morgan fingerprint density at radius 1 is 1.03 bits per heavy atom. The number of aliphatic hydroxyl groups is 2. The molecule has 214 valence electrons. The fraction of sp³-hybridized carbons (Fsp3) is 0.963. The first-order valence-electron chi connectivity index (χ1n) is 14.0. The maximum atomic E-state index is 12.6. The van der Waals surface area contributed by atoms with E-state index in [-0.39, 0.29) is 47.0 Å². The number of halogens is 3. The number of sulfonamides is 1. The van der Waals surface area contributed by atoms with Crippen LogP contribution in [0.25, 0.3) is 0 Å². The van der Waals surface area contributed by atoms with Gasteiger partial charge in [-0.1, -0.05) is 34.1 Å². The third kappa shape index (κ3) is 4.85. The van der Waals surface area contributed by atoms with Gasteiger partial charge in [0.2, 0.25) is 5.91 Å². The SMILES string of the molecule is CC[C@H]1[C@@H](O)C2C3CC[C@H]([C@H](C)CCC(=O)NS(=O)(=O)C(F)(F)F)[C@@]3(C)CCC2[C@@]2(C)CC[C@@H](O)C[C@@H]12. The van der Waals surface area contributed by atoms with Crippen molar-refractivity contribution < 1.29 is 36.6 Å². The van der Waals surface area contributed by atoms with Crippen molar-refractivity contribution in [2.75, 3.05) is 0 Å². The molecule has 0 heterocycles. The molecule has 0 aromatic rings. The van der Waals surface area contributed by atoms with Gasteiger partial charge >= 0.3 is 15.5 Å². The van der Waals surface area contributed by atoms with Crippen LogP contribution in [0.2, 0.25) is 0 Å². The van der Waals surface area contributed by atoms with E-state index >= 15 is 0 Å². The van der Waals surface area contributed by atoms with Crippen LogP contribution in [0.5, 0.6) is 0 Å². The quantitative estimate of drug-likeness (QED) is 0.431. The van der Waals surface area contributed by atoms with Crippen molar-refractivity contribution in [3.05, 3.63) is 0 Å². The van der Waals surface area contributed by atoms with E-state index in [1.165, 1.54) is 0 Å². The Bertz CT molecular complexity index is 974. The second kappa shape index (κ2) is 9.95. The van der Waals surface area contributed by atoms with Gasteiger partial charge in [0, 0.05) is 6.42 Å². The minimum absolute atomic E-state index is 0.0360. The van der Waals surface area contributed by atoms with E-state index in [0.29, 0.717) is 24.2 Å². The molecule has 6 nitrogen and oxygen atoms in total. The molecule has 0 saturated heterocycles. The molecule has 0 spiro atoms. The molecule has 4 aliphatic rings. The highest BCUT2D eigenvalue weighted by atomic mass is 32.2. The monoisotopic (exact) mass is 551 g/mol. The van der Waals surface area contributed by atoms with Crippen molar-refractivity contribution in [3.63, 3.8) is 0 Å². The second-order valence-corrected chi connectivity index (χ2v) is 14.8. The van der Waals surface area contributed by atoms with Crippen molar-refractivity contribution >= 4 is 15.9 Å². The minimum Gasteiger partial charge on any atom is -0.393 e. The molecular weight excluding hydrogens is 507 g/mol. The van der Waals surface area contributed by atoms with Crippen LogP contribution in [0.4, 0.5) is 13.2 Å². The lowest BCUT2D eigenvalue weighted by atomic mass is 9.41. The number of nitrogens with one attached hydrogen (secondary N) is 1. The van der Waals surface area contributed by atoms with Gasteiger partial charge in [-0.05, 0) is 104 Å². The zero-order valence-corrected chi connectivity index (χ0v) is 23.2. The normalized spacial score (nSPS) is 44.9. The fourth-order valence-electron chi connectivity index (χ4n) is 9.75. The van der Waals surface area contributed by atoms with Crippen molar-refractivity contribution in [1.29, 1.82) is 0 Å². The zero-order valence-electron chi connectivity index (χ0n) is 22.4. The molecule has 3 N–H and O–H groups in total. The van der Waals surface area contributed by atoms with Gasteiger partial charge < -0.3 is 10.2 Å². The molecule has 4 aliphatic carbocycles. The van der Waals surface area contributed by atoms with Gasteiger partial charge in [-0.3, -0.25) is 4.79 Å². The summed E-state index contributed by atoms with van der Waals surface area (Å²) in [6.07, 6.45) is 6.76. The third-order valence-corrected chi connectivity index (χ3v) is 12.6. The number of carbonyl (C=O) groups is 1. The number of hydrogen-bond acceptors (Lipinski definition) is 5. The molecule has 1 amide bonds. The summed E-state index contributed by atoms with van der Waals surface area (Å²) in [6.45, 7) is 8.84. The lowest BCUT2D eigenvalue weighted by Gasteiger charge is -2.64. The van der Waals surface area contributed by atoms with Crippen molar-refractivity contribution in [1.82, 2.24) is 4.72 Å². The zero-order chi connectivity index (χ0) is 27.6. The van der Waals surface area contributed by atoms with E-state index < -0.39 is 27.5 Å². The highest BCUT2D eigenvalue weighted by molar-refractivity contribution is 7.90. The molecule has 10 heteroatoms. The predicted octanol–water partition coefficient (Wildman–Crippen LogP) is 5.00. The number of aliphatic hydroxyl groups excluding tert-OH is 2. The average Bonchev–Trinajstić information content (AvgIpc) is 3.15. The Labute approximate surface area is 219 Å². The van der Waals surface area contributed by atoms with Crippen LogP contribution in [0.1, 0.15) is 91.9 Å². The number of hydrogen-bond donors (Lipinski definition) is 3. The summed E-state index contributed by atoms with van der Waals surface area (Å²) in [5.41, 5.74) is -5.44. The van der Waals surface area contributed by atoms with Crippen LogP contribution < -0.4 is 4.72 Å². The molecule has 0 aromatic carbocycles. The molecule has 0 bridgehead atoms. The largest absolute Gasteiger partial charge is 0.516 e. The third-order valence-electron chi connectivity index (χ3n) is 11.5. The Morgan fingerprint density at radius 2 is 1.65 bits per heavy atom. The van der Waals surface area contributed by atoms with Crippen LogP contribution >= 0.6 is 0 Å². The summed E-state index contributed by atoms with van der Waals surface area (Å²) in [5, 5.41) is 22.2. The summed E-state index contributed by atoms with van der Waals surface area (Å²) in [7, 11) is -5.68. The van der Waals surface area contributed by atoms with E-state index in [4.69, 9.17) is 0 Å². The molecule has 0 radical (unpaired) electrons. The molecule has 37 heavy (non-hydrogen) atoms. The van der Waals surface area contributed by atoms with Crippen molar-refractivity contribution in [3.8, 4) is 0 Å². The maximum Gasteiger partial charge on any atom is 0.516 e. The van der Waals surface area contributed by atoms with Gasteiger partial charge in [0.1, 0.15) is 0 Å². The Balaban J connectivity index is 1.48. The minimum atomic E-state index is -5.68. The van der Waals surface area contributed by atoms with Crippen molar-refractivity contribution in [2.24, 2.45) is 52.3 Å². The standard InChI is InChI=1S/C27H44F3NO5S/c1-5-17-21-14-16(32)10-12-26(21,4)20-11-13-25(3)18(7-8-19(25)23(20)24(17)34)15(2)6-9-22(33)31-37(35,36)27(28,29)30/h15-21,23-24,32,34H,5-14H2,1-4H3,(H,31,33)/t15-,16-,17-,18-,19?,20?,21+,23?,24-,25-,26-/m1/s1. The summed E-state index contributed by atoms with van der Waals surface area (Å²) < 4.78 is 61.5. The first-order chi connectivity index (χ1) is 17.1. The van der Waals surface area contributed by atoms with Gasteiger partial charge in [0.15, 0.2) is 0 Å². The first kappa shape index (κ1) is 29.1. The lowest BCUT2D eigenvalue weighted by Crippen LogP contribution is -2.62.